The molecule has 1 fully saturated rings. The molecular weight excluding hydrogens is 286 g/mol. The van der Waals surface area contributed by atoms with Crippen molar-refractivity contribution in [2.75, 3.05) is 23.1 Å². The molecule has 6 heteroatoms. The number of hydrogen-bond donors (Lipinski definition) is 1. The third kappa shape index (κ3) is 2.51. The molecule has 0 aliphatic carbocycles. The van der Waals surface area contributed by atoms with Gasteiger partial charge in [0.25, 0.3) is 0 Å². The molecule has 1 saturated heterocycles. The van der Waals surface area contributed by atoms with Crippen molar-refractivity contribution in [1.29, 1.82) is 0 Å². The number of benzene rings is 1. The summed E-state index contributed by atoms with van der Waals surface area (Å²) in [6, 6.07) is 5.63. The van der Waals surface area contributed by atoms with Gasteiger partial charge in [0.15, 0.2) is 0 Å². The molecule has 0 saturated carbocycles. The van der Waals surface area contributed by atoms with Gasteiger partial charge in [-0.25, -0.2) is 0 Å². The van der Waals surface area contributed by atoms with E-state index in [0.717, 1.165) is 43.4 Å². The molecule has 3 rings (SSSR count). The van der Waals surface area contributed by atoms with Gasteiger partial charge in [-0.05, 0) is 50.3 Å². The van der Waals surface area contributed by atoms with Gasteiger partial charge in [0.2, 0.25) is 0 Å². The minimum absolute atomic E-state index is 0.0789. The zero-order chi connectivity index (χ0) is 15.0. The molecule has 2 N–H and O–H groups in total. The molecule has 0 radical (unpaired) electrons. The number of nitrogens with zero attached hydrogens (tertiary/aromatic N) is 2. The van der Waals surface area contributed by atoms with E-state index in [0.29, 0.717) is 18.8 Å². The van der Waals surface area contributed by atoms with E-state index < -0.39 is 10.2 Å². The summed E-state index contributed by atoms with van der Waals surface area (Å²) in [4.78, 5) is 0. The Morgan fingerprint density at radius 3 is 2.76 bits per heavy atom. The third-order valence-corrected chi connectivity index (χ3v) is 6.63. The summed E-state index contributed by atoms with van der Waals surface area (Å²) in [5.74, 6) is 0. The van der Waals surface area contributed by atoms with Crippen LogP contribution in [0.5, 0.6) is 0 Å². The molecule has 1 aromatic rings. The predicted octanol–water partition coefficient (Wildman–Crippen LogP) is 2.14. The average Bonchev–Trinajstić information content (AvgIpc) is 2.47. The van der Waals surface area contributed by atoms with Crippen molar-refractivity contribution in [2.45, 2.75) is 45.1 Å². The van der Waals surface area contributed by atoms with Gasteiger partial charge in [0.05, 0.1) is 5.69 Å². The van der Waals surface area contributed by atoms with Gasteiger partial charge in [-0.1, -0.05) is 12.5 Å². The van der Waals surface area contributed by atoms with Gasteiger partial charge in [-0.2, -0.15) is 12.7 Å². The first-order valence-corrected chi connectivity index (χ1v) is 9.08. The zero-order valence-electron chi connectivity index (χ0n) is 12.5. The lowest BCUT2D eigenvalue weighted by molar-refractivity contribution is 0.267. The van der Waals surface area contributed by atoms with Crippen LogP contribution in [0.15, 0.2) is 18.2 Å². The molecule has 0 spiro atoms. The number of piperidine rings is 1. The van der Waals surface area contributed by atoms with Crippen molar-refractivity contribution < 1.29 is 8.42 Å². The van der Waals surface area contributed by atoms with Crippen molar-refractivity contribution in [2.24, 2.45) is 0 Å². The second-order valence-corrected chi connectivity index (χ2v) is 7.79. The Labute approximate surface area is 126 Å². The molecule has 1 unspecified atom stereocenters. The Morgan fingerprint density at radius 2 is 2.00 bits per heavy atom. The third-order valence-electron chi connectivity index (χ3n) is 4.56. The summed E-state index contributed by atoms with van der Waals surface area (Å²) in [6.45, 7) is 3.17. The zero-order valence-corrected chi connectivity index (χ0v) is 13.3. The van der Waals surface area contributed by atoms with Crippen LogP contribution in [-0.2, 0) is 16.6 Å². The van der Waals surface area contributed by atoms with Crippen LogP contribution in [0.3, 0.4) is 0 Å². The Bertz CT molecular complexity index is 630. The van der Waals surface area contributed by atoms with Gasteiger partial charge in [0.1, 0.15) is 0 Å². The largest absolute Gasteiger partial charge is 0.398 e. The fourth-order valence-corrected chi connectivity index (χ4v) is 5.35. The van der Waals surface area contributed by atoms with Crippen LogP contribution in [0.25, 0.3) is 0 Å². The van der Waals surface area contributed by atoms with Crippen LogP contribution in [-0.4, -0.2) is 31.9 Å². The topological polar surface area (TPSA) is 66.6 Å². The van der Waals surface area contributed by atoms with E-state index >= 15 is 0 Å². The number of nitrogens with two attached hydrogens (primary N) is 1. The number of anilines is 2. The Balaban J connectivity index is 1.99. The smallest absolute Gasteiger partial charge is 0.304 e. The predicted molar refractivity (Wildman–Crippen MR) is 85.5 cm³/mol. The van der Waals surface area contributed by atoms with Crippen LogP contribution in [0.4, 0.5) is 11.4 Å². The molecule has 1 aromatic carbocycles. The maximum Gasteiger partial charge on any atom is 0.304 e. The molecule has 116 valence electrons. The summed E-state index contributed by atoms with van der Waals surface area (Å²) >= 11 is 0. The molecule has 2 aliphatic heterocycles. The molecule has 2 aliphatic rings. The normalized spacial score (nSPS) is 23.9. The van der Waals surface area contributed by atoms with E-state index in [9.17, 15) is 8.42 Å². The molecule has 1 atom stereocenters. The summed E-state index contributed by atoms with van der Waals surface area (Å²) in [5, 5.41) is 0. The maximum atomic E-state index is 13.0. The minimum Gasteiger partial charge on any atom is -0.398 e. The number of nitrogen functional groups attached to an aromatic ring is 1. The monoisotopic (exact) mass is 309 g/mol. The SMILES string of the molecule is CC1CCCCN1S(=O)(=O)N1CCCc2c(N)cccc21. The van der Waals surface area contributed by atoms with Crippen molar-refractivity contribution in [3.63, 3.8) is 0 Å². The highest BCUT2D eigenvalue weighted by atomic mass is 32.2. The van der Waals surface area contributed by atoms with E-state index in [1.165, 1.54) is 0 Å². The summed E-state index contributed by atoms with van der Waals surface area (Å²) < 4.78 is 29.3. The van der Waals surface area contributed by atoms with Crippen LogP contribution in [0, 0.1) is 0 Å². The number of fused-ring (bicyclic) bond motifs is 1. The van der Waals surface area contributed by atoms with Gasteiger partial charge >= 0.3 is 10.2 Å². The van der Waals surface area contributed by atoms with E-state index in [1.807, 2.05) is 25.1 Å². The molecule has 2 heterocycles. The van der Waals surface area contributed by atoms with Gasteiger partial charge in [-0.15, -0.1) is 0 Å². The molecular formula is C15H23N3O2S. The summed E-state index contributed by atoms with van der Waals surface area (Å²) in [7, 11) is -3.45. The fourth-order valence-electron chi connectivity index (χ4n) is 3.40. The van der Waals surface area contributed by atoms with E-state index in [-0.39, 0.29) is 6.04 Å². The lowest BCUT2D eigenvalue weighted by Crippen LogP contribution is -2.51. The Kier molecular flexibility index (Phi) is 3.84. The Morgan fingerprint density at radius 1 is 1.19 bits per heavy atom. The number of hydrogen-bond acceptors (Lipinski definition) is 3. The average molecular weight is 309 g/mol. The highest BCUT2D eigenvalue weighted by Crippen LogP contribution is 2.35. The Hall–Kier alpha value is -1.27. The maximum absolute atomic E-state index is 13.0. The molecule has 5 nitrogen and oxygen atoms in total. The van der Waals surface area contributed by atoms with Crippen LogP contribution >= 0.6 is 0 Å². The lowest BCUT2D eigenvalue weighted by atomic mass is 10.0. The first-order valence-electron chi connectivity index (χ1n) is 7.68. The molecule has 21 heavy (non-hydrogen) atoms. The first kappa shape index (κ1) is 14.7. The second-order valence-electron chi connectivity index (χ2n) is 5.98. The quantitative estimate of drug-likeness (QED) is 0.851. The highest BCUT2D eigenvalue weighted by molar-refractivity contribution is 7.90. The van der Waals surface area contributed by atoms with E-state index in [1.54, 1.807) is 8.61 Å². The van der Waals surface area contributed by atoms with E-state index in [2.05, 4.69) is 0 Å². The first-order chi connectivity index (χ1) is 10.0. The van der Waals surface area contributed by atoms with Crippen molar-refractivity contribution in [1.82, 2.24) is 4.31 Å². The van der Waals surface area contributed by atoms with Gasteiger partial charge < -0.3 is 5.73 Å². The lowest BCUT2D eigenvalue weighted by Gasteiger charge is -2.39. The molecule has 0 amide bonds. The van der Waals surface area contributed by atoms with Gasteiger partial charge in [-0.3, -0.25) is 4.31 Å². The summed E-state index contributed by atoms with van der Waals surface area (Å²) in [6.07, 6.45) is 4.67. The summed E-state index contributed by atoms with van der Waals surface area (Å²) in [5.41, 5.74) is 8.44. The molecule has 0 bridgehead atoms. The van der Waals surface area contributed by atoms with Crippen LogP contribution in [0.1, 0.15) is 38.2 Å². The van der Waals surface area contributed by atoms with Crippen molar-refractivity contribution >= 4 is 21.6 Å². The van der Waals surface area contributed by atoms with Crippen LogP contribution < -0.4 is 10.0 Å². The van der Waals surface area contributed by atoms with Crippen molar-refractivity contribution in [3.05, 3.63) is 23.8 Å². The fraction of sp³-hybridized carbons (Fsp3) is 0.600. The van der Waals surface area contributed by atoms with Crippen LogP contribution in [0.2, 0.25) is 0 Å². The highest BCUT2D eigenvalue weighted by Gasteiger charge is 2.36. The standard InChI is InChI=1S/C15H23N3O2S/c1-12-6-2-3-10-17(12)21(19,20)18-11-5-7-13-14(16)8-4-9-15(13)18/h4,8-9,12H,2-3,5-7,10-11,16H2,1H3. The van der Waals surface area contributed by atoms with E-state index in [4.69, 9.17) is 5.73 Å². The minimum atomic E-state index is -3.45. The molecule has 0 aromatic heterocycles. The van der Waals surface area contributed by atoms with Gasteiger partial charge in [0, 0.05) is 24.8 Å². The van der Waals surface area contributed by atoms with Crippen molar-refractivity contribution in [3.8, 4) is 0 Å². The number of rotatable bonds is 2. The second kappa shape index (κ2) is 5.50.